The van der Waals surface area contributed by atoms with Crippen LogP contribution >= 0.6 is 22.6 Å². The molecule has 0 saturated carbocycles. The maximum absolute atomic E-state index is 4.34. The van der Waals surface area contributed by atoms with Crippen LogP contribution in [0.3, 0.4) is 0 Å². The molecule has 0 atom stereocenters. The molecule has 0 unspecified atom stereocenters. The highest BCUT2D eigenvalue weighted by atomic mass is 127. The van der Waals surface area contributed by atoms with Crippen LogP contribution in [0.5, 0.6) is 0 Å². The Kier molecular flexibility index (Phi) is 5.97. The maximum atomic E-state index is 4.34. The van der Waals surface area contributed by atoms with Gasteiger partial charge in [-0.05, 0) is 56.6 Å². The maximum Gasteiger partial charge on any atom is 0.225 e. The van der Waals surface area contributed by atoms with Crippen molar-refractivity contribution in [3.63, 3.8) is 0 Å². The number of halogens is 1. The summed E-state index contributed by atoms with van der Waals surface area (Å²) < 4.78 is 1.07. The Labute approximate surface area is 111 Å². The Morgan fingerprint density at radius 2 is 1.81 bits per heavy atom. The number of hydrogen-bond donors (Lipinski definition) is 0. The zero-order chi connectivity index (χ0) is 12.0. The van der Waals surface area contributed by atoms with E-state index < -0.39 is 0 Å². The van der Waals surface area contributed by atoms with Crippen LogP contribution in [0.2, 0.25) is 0 Å². The lowest BCUT2D eigenvalue weighted by Gasteiger charge is -2.21. The van der Waals surface area contributed by atoms with Crippen molar-refractivity contribution in [3.8, 4) is 0 Å². The molecule has 0 amide bonds. The van der Waals surface area contributed by atoms with Gasteiger partial charge in [-0.25, -0.2) is 9.97 Å². The molecule has 4 nitrogen and oxygen atoms in total. The summed E-state index contributed by atoms with van der Waals surface area (Å²) in [5.41, 5.74) is 0. The zero-order valence-electron chi connectivity index (χ0n) is 10.1. The molecule has 1 rings (SSSR count). The Morgan fingerprint density at radius 1 is 1.19 bits per heavy atom. The van der Waals surface area contributed by atoms with Crippen LogP contribution < -0.4 is 4.90 Å². The van der Waals surface area contributed by atoms with Crippen molar-refractivity contribution >= 4 is 28.5 Å². The van der Waals surface area contributed by atoms with E-state index in [9.17, 15) is 0 Å². The van der Waals surface area contributed by atoms with Crippen LogP contribution in [0, 0.1) is 3.57 Å². The summed E-state index contributed by atoms with van der Waals surface area (Å²) >= 11 is 2.22. The summed E-state index contributed by atoms with van der Waals surface area (Å²) in [4.78, 5) is 13.1. The van der Waals surface area contributed by atoms with Crippen molar-refractivity contribution in [3.05, 3.63) is 16.0 Å². The number of anilines is 1. The van der Waals surface area contributed by atoms with Crippen molar-refractivity contribution in [2.75, 3.05) is 38.6 Å². The van der Waals surface area contributed by atoms with Gasteiger partial charge in [0.1, 0.15) is 0 Å². The summed E-state index contributed by atoms with van der Waals surface area (Å²) in [5, 5.41) is 0. The lowest BCUT2D eigenvalue weighted by atomic mass is 10.3. The van der Waals surface area contributed by atoms with E-state index in [-0.39, 0.29) is 0 Å². The lowest BCUT2D eigenvalue weighted by Crippen LogP contribution is -2.28. The first-order valence-electron chi connectivity index (χ1n) is 5.50. The molecule has 0 bridgehead atoms. The quantitative estimate of drug-likeness (QED) is 0.744. The third-order valence-corrected chi connectivity index (χ3v) is 2.86. The molecule has 0 aromatic carbocycles. The summed E-state index contributed by atoms with van der Waals surface area (Å²) in [6, 6.07) is 0. The lowest BCUT2D eigenvalue weighted by molar-refractivity contribution is 0.400. The van der Waals surface area contributed by atoms with Crippen molar-refractivity contribution in [1.82, 2.24) is 14.9 Å². The van der Waals surface area contributed by atoms with E-state index in [1.54, 1.807) is 0 Å². The first kappa shape index (κ1) is 13.6. The smallest absolute Gasteiger partial charge is 0.225 e. The van der Waals surface area contributed by atoms with Gasteiger partial charge in [0.2, 0.25) is 5.95 Å². The molecule has 0 radical (unpaired) electrons. The van der Waals surface area contributed by atoms with Crippen molar-refractivity contribution in [2.45, 2.75) is 13.3 Å². The zero-order valence-corrected chi connectivity index (χ0v) is 12.3. The molecule has 0 fully saturated rings. The first-order valence-corrected chi connectivity index (χ1v) is 6.58. The highest BCUT2D eigenvalue weighted by molar-refractivity contribution is 14.1. The third-order valence-electron chi connectivity index (χ3n) is 2.30. The summed E-state index contributed by atoms with van der Waals surface area (Å²) in [6.07, 6.45) is 4.85. The summed E-state index contributed by atoms with van der Waals surface area (Å²) in [7, 11) is 4.19. The van der Waals surface area contributed by atoms with Gasteiger partial charge in [-0.3, -0.25) is 0 Å². The normalized spacial score (nSPS) is 10.8. The highest BCUT2D eigenvalue weighted by Crippen LogP contribution is 2.08. The molecule has 0 saturated heterocycles. The van der Waals surface area contributed by atoms with E-state index in [2.05, 4.69) is 63.4 Å². The second-order valence-corrected chi connectivity index (χ2v) is 5.18. The minimum Gasteiger partial charge on any atom is -0.341 e. The largest absolute Gasteiger partial charge is 0.341 e. The van der Waals surface area contributed by atoms with Crippen LogP contribution in [0.1, 0.15) is 13.3 Å². The minimum atomic E-state index is 0.835. The van der Waals surface area contributed by atoms with Crippen molar-refractivity contribution < 1.29 is 0 Å². The molecule has 1 aromatic heterocycles. The molecule has 1 heterocycles. The Bertz CT molecular complexity index is 299. The van der Waals surface area contributed by atoms with Crippen molar-refractivity contribution in [1.29, 1.82) is 0 Å². The van der Waals surface area contributed by atoms with E-state index in [4.69, 9.17) is 0 Å². The monoisotopic (exact) mass is 334 g/mol. The Hall–Kier alpha value is -0.430. The fourth-order valence-electron chi connectivity index (χ4n) is 1.45. The Morgan fingerprint density at radius 3 is 2.31 bits per heavy atom. The van der Waals surface area contributed by atoms with Gasteiger partial charge in [0.15, 0.2) is 0 Å². The molecule has 0 aliphatic carbocycles. The second kappa shape index (κ2) is 7.01. The van der Waals surface area contributed by atoms with E-state index in [0.29, 0.717) is 0 Å². The molecular formula is C11H19IN4. The van der Waals surface area contributed by atoms with Crippen LogP contribution in [0.25, 0.3) is 0 Å². The van der Waals surface area contributed by atoms with Gasteiger partial charge in [-0.2, -0.15) is 0 Å². The van der Waals surface area contributed by atoms with E-state index in [1.165, 1.54) is 0 Å². The Balaban J connectivity index is 2.50. The third kappa shape index (κ3) is 4.61. The van der Waals surface area contributed by atoms with Gasteiger partial charge in [0.25, 0.3) is 0 Å². The summed E-state index contributed by atoms with van der Waals surface area (Å²) in [5.74, 6) is 0.835. The molecule has 90 valence electrons. The fraction of sp³-hybridized carbons (Fsp3) is 0.636. The van der Waals surface area contributed by atoms with Gasteiger partial charge in [-0.1, -0.05) is 0 Å². The topological polar surface area (TPSA) is 32.3 Å². The predicted molar refractivity (Wildman–Crippen MR) is 75.8 cm³/mol. The average molecular weight is 334 g/mol. The molecule has 16 heavy (non-hydrogen) atoms. The average Bonchev–Trinajstić information content (AvgIpc) is 2.26. The molecule has 0 aliphatic rings. The van der Waals surface area contributed by atoms with Crippen LogP contribution in [0.15, 0.2) is 12.4 Å². The van der Waals surface area contributed by atoms with Gasteiger partial charge in [0.05, 0.1) is 0 Å². The van der Waals surface area contributed by atoms with E-state index >= 15 is 0 Å². The van der Waals surface area contributed by atoms with Crippen LogP contribution in [0.4, 0.5) is 5.95 Å². The molecule has 5 heteroatoms. The SMILES string of the molecule is CCN(CCCN(C)C)c1ncc(I)cn1. The molecule has 0 N–H and O–H groups in total. The predicted octanol–water partition coefficient (Wildman–Crippen LogP) is 1.86. The molecule has 0 aliphatic heterocycles. The molecular weight excluding hydrogens is 315 g/mol. The first-order chi connectivity index (χ1) is 7.63. The number of rotatable bonds is 6. The fourth-order valence-corrected chi connectivity index (χ4v) is 1.72. The number of nitrogens with zero attached hydrogens (tertiary/aromatic N) is 4. The standard InChI is InChI=1S/C11H19IN4/c1-4-16(7-5-6-15(2)3)11-13-8-10(12)9-14-11/h8-9H,4-7H2,1-3H3. The molecule has 1 aromatic rings. The van der Waals surface area contributed by atoms with Crippen molar-refractivity contribution in [2.24, 2.45) is 0 Å². The van der Waals surface area contributed by atoms with E-state index in [0.717, 1.165) is 35.6 Å². The minimum absolute atomic E-state index is 0.835. The van der Waals surface area contributed by atoms with Gasteiger partial charge in [0, 0.05) is 29.1 Å². The second-order valence-electron chi connectivity index (χ2n) is 3.94. The highest BCUT2D eigenvalue weighted by Gasteiger charge is 2.06. The van der Waals surface area contributed by atoms with Gasteiger partial charge in [-0.15, -0.1) is 0 Å². The summed E-state index contributed by atoms with van der Waals surface area (Å²) in [6.45, 7) is 5.20. The van der Waals surface area contributed by atoms with Crippen LogP contribution in [-0.2, 0) is 0 Å². The van der Waals surface area contributed by atoms with Crippen LogP contribution in [-0.4, -0.2) is 48.6 Å². The van der Waals surface area contributed by atoms with E-state index in [1.807, 2.05) is 12.4 Å². The molecule has 0 spiro atoms. The van der Waals surface area contributed by atoms with Gasteiger partial charge < -0.3 is 9.80 Å². The number of aromatic nitrogens is 2. The number of hydrogen-bond acceptors (Lipinski definition) is 4. The van der Waals surface area contributed by atoms with Gasteiger partial charge >= 0.3 is 0 Å².